The molecular weight excluding hydrogens is 474 g/mol. The summed E-state index contributed by atoms with van der Waals surface area (Å²) >= 11 is 1.22. The van der Waals surface area contributed by atoms with Gasteiger partial charge < -0.3 is 14.8 Å². The topological polar surface area (TPSA) is 80.2 Å². The Labute approximate surface area is 213 Å². The number of thioether (sulfide) groups is 1. The Balaban J connectivity index is 1.38. The zero-order chi connectivity index (χ0) is 25.1. The predicted molar refractivity (Wildman–Crippen MR) is 144 cm³/mol. The molecule has 0 aromatic heterocycles. The average molecular weight is 500 g/mol. The second-order valence-electron chi connectivity index (χ2n) is 8.40. The van der Waals surface area contributed by atoms with Crippen LogP contribution in [0.5, 0.6) is 11.5 Å². The molecule has 0 unspecified atom stereocenters. The van der Waals surface area contributed by atoms with Gasteiger partial charge in [-0.2, -0.15) is 0 Å². The van der Waals surface area contributed by atoms with E-state index in [1.165, 1.54) is 11.8 Å². The van der Waals surface area contributed by atoms with Gasteiger partial charge in [-0.15, -0.1) is 0 Å². The van der Waals surface area contributed by atoms with E-state index in [1.807, 2.05) is 73.7 Å². The molecule has 0 saturated heterocycles. The van der Waals surface area contributed by atoms with Crippen LogP contribution in [0.1, 0.15) is 23.6 Å². The van der Waals surface area contributed by atoms with Gasteiger partial charge in [-0.25, -0.2) is 4.99 Å². The van der Waals surface area contributed by atoms with E-state index in [0.717, 1.165) is 28.8 Å². The van der Waals surface area contributed by atoms with Crippen LogP contribution in [-0.4, -0.2) is 29.5 Å². The molecule has 0 aliphatic carbocycles. The molecule has 2 amide bonds. The fraction of sp³-hybridized carbons (Fsp3) is 0.179. The molecule has 7 nitrogen and oxygen atoms in total. The van der Waals surface area contributed by atoms with Gasteiger partial charge in [-0.1, -0.05) is 54.6 Å². The van der Waals surface area contributed by atoms with Gasteiger partial charge in [-0.3, -0.25) is 14.5 Å². The van der Waals surface area contributed by atoms with Crippen molar-refractivity contribution in [2.75, 3.05) is 22.8 Å². The van der Waals surface area contributed by atoms with Crippen molar-refractivity contribution in [2.45, 2.75) is 20.3 Å². The van der Waals surface area contributed by atoms with Crippen molar-refractivity contribution in [2.24, 2.45) is 4.99 Å². The Morgan fingerprint density at radius 2 is 1.89 bits per heavy atom. The lowest BCUT2D eigenvalue weighted by atomic mass is 10.1. The summed E-state index contributed by atoms with van der Waals surface area (Å²) in [6, 6.07) is 20.9. The number of benzene rings is 3. The highest BCUT2D eigenvalue weighted by Gasteiger charge is 2.32. The number of amidine groups is 1. The molecule has 0 fully saturated rings. The Kier molecular flexibility index (Phi) is 6.77. The molecule has 0 atom stereocenters. The van der Waals surface area contributed by atoms with Gasteiger partial charge in [0.05, 0.1) is 11.4 Å². The Bertz CT molecular complexity index is 1380. The first-order valence-electron chi connectivity index (χ1n) is 11.6. The Hall–Kier alpha value is -4.04. The summed E-state index contributed by atoms with van der Waals surface area (Å²) < 4.78 is 10.8. The number of ether oxygens (including phenoxy) is 2. The highest BCUT2D eigenvalue weighted by molar-refractivity contribution is 8.14. The van der Waals surface area contributed by atoms with E-state index < -0.39 is 0 Å². The lowest BCUT2D eigenvalue weighted by molar-refractivity contribution is -0.114. The van der Waals surface area contributed by atoms with E-state index in [-0.39, 0.29) is 30.1 Å². The van der Waals surface area contributed by atoms with Crippen molar-refractivity contribution in [3.05, 3.63) is 89.1 Å². The third kappa shape index (κ3) is 5.13. The molecule has 1 N–H and O–H groups in total. The molecule has 0 bridgehead atoms. The number of amides is 2. The number of hydrogen-bond acceptors (Lipinski definition) is 6. The largest absolute Gasteiger partial charge is 0.454 e. The van der Waals surface area contributed by atoms with Crippen molar-refractivity contribution in [1.29, 1.82) is 0 Å². The number of anilines is 2. The SMILES string of the molecule is CCc1cccc(NC(=O)CSC2=NC(=Cc3ccc4c(c3)OCO4)C(=O)N2c2ccc(C)cc2)c1. The summed E-state index contributed by atoms with van der Waals surface area (Å²) in [6.07, 6.45) is 2.61. The van der Waals surface area contributed by atoms with Crippen LogP contribution in [0.15, 0.2) is 77.4 Å². The summed E-state index contributed by atoms with van der Waals surface area (Å²) in [5.74, 6) is 0.997. The molecule has 0 spiro atoms. The van der Waals surface area contributed by atoms with Crippen molar-refractivity contribution in [3.8, 4) is 11.5 Å². The standard InChI is InChI=1S/C28H25N3O4S/c1-3-19-5-4-6-21(13-19)29-26(32)16-36-28-30-23(14-20-9-12-24-25(15-20)35-17-34-24)27(33)31(28)22-10-7-18(2)8-11-22/h4-15H,3,16-17H2,1-2H3,(H,29,32). The van der Waals surface area contributed by atoms with Crippen LogP contribution in [0.3, 0.4) is 0 Å². The normalized spacial score (nSPS) is 15.4. The van der Waals surface area contributed by atoms with Crippen molar-refractivity contribution in [3.63, 3.8) is 0 Å². The van der Waals surface area contributed by atoms with Crippen LogP contribution >= 0.6 is 11.8 Å². The number of aliphatic imine (C=N–C) groups is 1. The van der Waals surface area contributed by atoms with Crippen LogP contribution in [0.25, 0.3) is 6.08 Å². The summed E-state index contributed by atoms with van der Waals surface area (Å²) in [5.41, 5.74) is 4.74. The zero-order valence-electron chi connectivity index (χ0n) is 20.0. The maximum atomic E-state index is 13.4. The molecule has 36 heavy (non-hydrogen) atoms. The number of rotatable bonds is 6. The van der Waals surface area contributed by atoms with Gasteiger partial charge in [0, 0.05) is 5.69 Å². The van der Waals surface area contributed by atoms with Crippen LogP contribution in [0.2, 0.25) is 0 Å². The number of nitrogens with one attached hydrogen (secondary N) is 1. The highest BCUT2D eigenvalue weighted by Crippen LogP contribution is 2.34. The maximum Gasteiger partial charge on any atom is 0.283 e. The Morgan fingerprint density at radius 1 is 1.08 bits per heavy atom. The zero-order valence-corrected chi connectivity index (χ0v) is 20.8. The van der Waals surface area contributed by atoms with Crippen molar-refractivity contribution >= 4 is 46.2 Å². The molecule has 2 aliphatic heterocycles. The van der Waals surface area contributed by atoms with Gasteiger partial charge in [0.1, 0.15) is 5.70 Å². The van der Waals surface area contributed by atoms with E-state index in [1.54, 1.807) is 11.0 Å². The number of aryl methyl sites for hydroxylation is 2. The number of hydrogen-bond donors (Lipinski definition) is 1. The van der Waals surface area contributed by atoms with Gasteiger partial charge in [0.2, 0.25) is 12.7 Å². The Morgan fingerprint density at radius 3 is 2.69 bits per heavy atom. The lowest BCUT2D eigenvalue weighted by Crippen LogP contribution is -2.31. The molecule has 3 aromatic rings. The molecular formula is C28H25N3O4S. The minimum atomic E-state index is -0.255. The molecule has 8 heteroatoms. The van der Waals surface area contributed by atoms with Crippen LogP contribution in [-0.2, 0) is 16.0 Å². The average Bonchev–Trinajstić information content (AvgIpc) is 3.47. The maximum absolute atomic E-state index is 13.4. The van der Waals surface area contributed by atoms with E-state index in [9.17, 15) is 9.59 Å². The van der Waals surface area contributed by atoms with Crippen molar-refractivity contribution in [1.82, 2.24) is 0 Å². The highest BCUT2D eigenvalue weighted by atomic mass is 32.2. The van der Waals surface area contributed by atoms with Gasteiger partial charge in [0.15, 0.2) is 16.7 Å². The molecule has 5 rings (SSSR count). The van der Waals surface area contributed by atoms with E-state index >= 15 is 0 Å². The fourth-order valence-corrected chi connectivity index (χ4v) is 4.68. The number of carbonyl (C=O) groups is 2. The van der Waals surface area contributed by atoms with Crippen LogP contribution in [0, 0.1) is 6.92 Å². The summed E-state index contributed by atoms with van der Waals surface area (Å²) in [4.78, 5) is 32.3. The molecule has 0 radical (unpaired) electrons. The number of fused-ring (bicyclic) bond motifs is 1. The third-order valence-corrected chi connectivity index (χ3v) is 6.71. The third-order valence-electron chi connectivity index (χ3n) is 5.77. The van der Waals surface area contributed by atoms with E-state index in [4.69, 9.17) is 9.47 Å². The molecule has 182 valence electrons. The number of carbonyl (C=O) groups excluding carboxylic acids is 2. The van der Waals surface area contributed by atoms with Gasteiger partial charge >= 0.3 is 0 Å². The quantitative estimate of drug-likeness (QED) is 0.459. The first-order chi connectivity index (χ1) is 17.5. The number of nitrogens with zero attached hydrogens (tertiary/aromatic N) is 2. The summed E-state index contributed by atoms with van der Waals surface area (Å²) in [7, 11) is 0. The summed E-state index contributed by atoms with van der Waals surface area (Å²) in [6.45, 7) is 4.24. The minimum absolute atomic E-state index is 0.113. The first-order valence-corrected chi connectivity index (χ1v) is 12.6. The fourth-order valence-electron chi connectivity index (χ4n) is 3.87. The first kappa shape index (κ1) is 23.7. The minimum Gasteiger partial charge on any atom is -0.454 e. The smallest absolute Gasteiger partial charge is 0.283 e. The monoisotopic (exact) mass is 499 g/mol. The predicted octanol–water partition coefficient (Wildman–Crippen LogP) is 5.40. The molecule has 0 saturated carbocycles. The second-order valence-corrected chi connectivity index (χ2v) is 9.35. The van der Waals surface area contributed by atoms with E-state index in [0.29, 0.717) is 22.4 Å². The van der Waals surface area contributed by atoms with E-state index in [2.05, 4.69) is 17.2 Å². The lowest BCUT2D eigenvalue weighted by Gasteiger charge is -2.18. The molecule has 3 aromatic carbocycles. The van der Waals surface area contributed by atoms with Crippen molar-refractivity contribution < 1.29 is 19.1 Å². The summed E-state index contributed by atoms with van der Waals surface area (Å²) in [5, 5.41) is 3.38. The van der Waals surface area contributed by atoms with Gasteiger partial charge in [-0.05, 0) is 66.9 Å². The molecule has 2 aliphatic rings. The van der Waals surface area contributed by atoms with Gasteiger partial charge in [0.25, 0.3) is 5.91 Å². The second kappa shape index (κ2) is 10.3. The van der Waals surface area contributed by atoms with Crippen LogP contribution in [0.4, 0.5) is 11.4 Å². The molecule has 2 heterocycles. The van der Waals surface area contributed by atoms with Crippen LogP contribution < -0.4 is 19.7 Å².